The molecule has 0 heterocycles. The fraction of sp³-hybridized carbons (Fsp3) is 0.318. The highest BCUT2D eigenvalue weighted by Crippen LogP contribution is 2.17. The van der Waals surface area contributed by atoms with Crippen molar-refractivity contribution in [2.75, 3.05) is 10.6 Å². The zero-order valence-corrected chi connectivity index (χ0v) is 16.6. The molecule has 6 nitrogen and oxygen atoms in total. The molecule has 2 amide bonds. The summed E-state index contributed by atoms with van der Waals surface area (Å²) >= 11 is 0. The van der Waals surface area contributed by atoms with Crippen LogP contribution in [-0.2, 0) is 25.5 Å². The second-order valence-electron chi connectivity index (χ2n) is 6.95. The summed E-state index contributed by atoms with van der Waals surface area (Å²) in [6.45, 7) is 7.16. The second-order valence-corrected chi connectivity index (χ2v) is 6.95. The van der Waals surface area contributed by atoms with Crippen molar-refractivity contribution in [3.05, 3.63) is 59.7 Å². The van der Waals surface area contributed by atoms with E-state index >= 15 is 0 Å². The van der Waals surface area contributed by atoms with E-state index in [4.69, 9.17) is 4.74 Å². The SMILES string of the molecule is CC(=O)Nc1ccc(CC(=O)O[C@H](C)C(=O)Nc2ccc(C(C)C)cc2)cc1. The van der Waals surface area contributed by atoms with E-state index in [1.54, 1.807) is 24.3 Å². The van der Waals surface area contributed by atoms with Crippen molar-refractivity contribution in [3.63, 3.8) is 0 Å². The predicted molar refractivity (Wildman–Crippen MR) is 109 cm³/mol. The summed E-state index contributed by atoms with van der Waals surface area (Å²) in [4.78, 5) is 35.3. The Morgan fingerprint density at radius 1 is 0.857 bits per heavy atom. The van der Waals surface area contributed by atoms with E-state index < -0.39 is 12.1 Å². The van der Waals surface area contributed by atoms with Crippen molar-refractivity contribution < 1.29 is 19.1 Å². The molecule has 0 aromatic heterocycles. The molecule has 28 heavy (non-hydrogen) atoms. The van der Waals surface area contributed by atoms with Crippen LogP contribution in [0.25, 0.3) is 0 Å². The lowest BCUT2D eigenvalue weighted by Gasteiger charge is -2.14. The van der Waals surface area contributed by atoms with E-state index in [1.807, 2.05) is 24.3 Å². The van der Waals surface area contributed by atoms with Gasteiger partial charge in [0.2, 0.25) is 5.91 Å². The Bertz CT molecular complexity index is 827. The van der Waals surface area contributed by atoms with E-state index in [1.165, 1.54) is 19.4 Å². The lowest BCUT2D eigenvalue weighted by molar-refractivity contribution is -0.152. The molecule has 0 spiro atoms. The quantitative estimate of drug-likeness (QED) is 0.712. The zero-order valence-electron chi connectivity index (χ0n) is 16.6. The number of amides is 2. The standard InChI is InChI=1S/C22H26N2O4/c1-14(2)18-7-11-20(12-8-18)24-22(27)15(3)28-21(26)13-17-5-9-19(10-6-17)23-16(4)25/h5-12,14-15H,13H2,1-4H3,(H,23,25)(H,24,27)/t15-/m1/s1. The summed E-state index contributed by atoms with van der Waals surface area (Å²) in [7, 11) is 0. The van der Waals surface area contributed by atoms with Gasteiger partial charge in [0.1, 0.15) is 0 Å². The van der Waals surface area contributed by atoms with Gasteiger partial charge in [0, 0.05) is 18.3 Å². The third-order valence-electron chi connectivity index (χ3n) is 4.15. The van der Waals surface area contributed by atoms with Crippen LogP contribution in [0.3, 0.4) is 0 Å². The summed E-state index contributed by atoms with van der Waals surface area (Å²) in [5.41, 5.74) is 3.23. The summed E-state index contributed by atoms with van der Waals surface area (Å²) < 4.78 is 5.22. The average Bonchev–Trinajstić information content (AvgIpc) is 2.63. The van der Waals surface area contributed by atoms with Gasteiger partial charge in [-0.1, -0.05) is 38.1 Å². The first-order chi connectivity index (χ1) is 13.2. The van der Waals surface area contributed by atoms with Gasteiger partial charge in [-0.2, -0.15) is 0 Å². The molecular formula is C22H26N2O4. The number of rotatable bonds is 7. The van der Waals surface area contributed by atoms with Crippen LogP contribution in [0.1, 0.15) is 44.7 Å². The third-order valence-corrected chi connectivity index (χ3v) is 4.15. The molecule has 1 atom stereocenters. The van der Waals surface area contributed by atoms with Crippen molar-refractivity contribution in [1.82, 2.24) is 0 Å². The number of hydrogen-bond acceptors (Lipinski definition) is 4. The van der Waals surface area contributed by atoms with Crippen LogP contribution >= 0.6 is 0 Å². The molecule has 148 valence electrons. The zero-order chi connectivity index (χ0) is 20.7. The number of anilines is 2. The summed E-state index contributed by atoms with van der Waals surface area (Å²) in [5.74, 6) is -0.625. The molecule has 0 aliphatic carbocycles. The van der Waals surface area contributed by atoms with Crippen LogP contribution in [0.4, 0.5) is 11.4 Å². The number of esters is 1. The van der Waals surface area contributed by atoms with Crippen molar-refractivity contribution in [3.8, 4) is 0 Å². The van der Waals surface area contributed by atoms with Crippen molar-refractivity contribution in [1.29, 1.82) is 0 Å². The first-order valence-corrected chi connectivity index (χ1v) is 9.21. The molecule has 2 N–H and O–H groups in total. The van der Waals surface area contributed by atoms with Gasteiger partial charge in [0.05, 0.1) is 6.42 Å². The normalized spacial score (nSPS) is 11.6. The number of benzene rings is 2. The van der Waals surface area contributed by atoms with Crippen LogP contribution in [0, 0.1) is 0 Å². The van der Waals surface area contributed by atoms with Crippen LogP contribution in [0.2, 0.25) is 0 Å². The number of carbonyl (C=O) groups excluding carboxylic acids is 3. The Hall–Kier alpha value is -3.15. The molecule has 2 aromatic carbocycles. The van der Waals surface area contributed by atoms with E-state index in [2.05, 4.69) is 24.5 Å². The molecule has 6 heteroatoms. The lowest BCUT2D eigenvalue weighted by Crippen LogP contribution is -2.30. The Kier molecular flexibility index (Phi) is 7.32. The monoisotopic (exact) mass is 382 g/mol. The van der Waals surface area contributed by atoms with Gasteiger partial charge >= 0.3 is 5.97 Å². The number of ether oxygens (including phenoxy) is 1. The molecule has 0 saturated carbocycles. The summed E-state index contributed by atoms with van der Waals surface area (Å²) in [6, 6.07) is 14.5. The van der Waals surface area contributed by atoms with Crippen LogP contribution in [0.15, 0.2) is 48.5 Å². The highest BCUT2D eigenvalue weighted by molar-refractivity contribution is 5.95. The average molecular weight is 382 g/mol. The van der Waals surface area contributed by atoms with Gasteiger partial charge < -0.3 is 15.4 Å². The minimum Gasteiger partial charge on any atom is -0.452 e. The molecule has 0 radical (unpaired) electrons. The highest BCUT2D eigenvalue weighted by Gasteiger charge is 2.18. The van der Waals surface area contributed by atoms with E-state index in [-0.39, 0.29) is 18.2 Å². The molecule has 0 aliphatic rings. The number of nitrogens with one attached hydrogen (secondary N) is 2. The van der Waals surface area contributed by atoms with Gasteiger partial charge in [-0.05, 0) is 48.2 Å². The van der Waals surface area contributed by atoms with Crippen molar-refractivity contribution >= 4 is 29.2 Å². The van der Waals surface area contributed by atoms with Gasteiger partial charge in [-0.15, -0.1) is 0 Å². The van der Waals surface area contributed by atoms with Gasteiger partial charge in [0.25, 0.3) is 5.91 Å². The fourth-order valence-corrected chi connectivity index (χ4v) is 2.56. The topological polar surface area (TPSA) is 84.5 Å². The highest BCUT2D eigenvalue weighted by atomic mass is 16.5. The van der Waals surface area contributed by atoms with Gasteiger partial charge in [-0.25, -0.2) is 0 Å². The molecule has 0 bridgehead atoms. The number of hydrogen-bond donors (Lipinski definition) is 2. The molecule has 2 aromatic rings. The van der Waals surface area contributed by atoms with Crippen molar-refractivity contribution in [2.24, 2.45) is 0 Å². The molecule has 0 fully saturated rings. The fourth-order valence-electron chi connectivity index (χ4n) is 2.56. The van der Waals surface area contributed by atoms with E-state index in [9.17, 15) is 14.4 Å². The predicted octanol–water partition coefficient (Wildman–Crippen LogP) is 3.88. The maximum atomic E-state index is 12.2. The smallest absolute Gasteiger partial charge is 0.311 e. The van der Waals surface area contributed by atoms with Crippen LogP contribution < -0.4 is 10.6 Å². The molecule has 0 aliphatic heterocycles. The first-order valence-electron chi connectivity index (χ1n) is 9.21. The van der Waals surface area contributed by atoms with Crippen LogP contribution in [-0.4, -0.2) is 23.9 Å². The largest absolute Gasteiger partial charge is 0.452 e. The first kappa shape index (κ1) is 21.2. The molecular weight excluding hydrogens is 356 g/mol. The maximum absolute atomic E-state index is 12.2. The van der Waals surface area contributed by atoms with Crippen LogP contribution in [0.5, 0.6) is 0 Å². The second kappa shape index (κ2) is 9.69. The third kappa shape index (κ3) is 6.54. The Morgan fingerprint density at radius 2 is 1.39 bits per heavy atom. The molecule has 0 saturated heterocycles. The minimum atomic E-state index is -0.907. The molecule has 2 rings (SSSR count). The maximum Gasteiger partial charge on any atom is 0.311 e. The summed E-state index contributed by atoms with van der Waals surface area (Å²) in [5, 5.41) is 5.40. The number of carbonyl (C=O) groups is 3. The Labute approximate surface area is 165 Å². The summed E-state index contributed by atoms with van der Waals surface area (Å²) in [6.07, 6.45) is -0.864. The van der Waals surface area contributed by atoms with Gasteiger partial charge in [-0.3, -0.25) is 14.4 Å². The Morgan fingerprint density at radius 3 is 1.93 bits per heavy atom. The van der Waals surface area contributed by atoms with E-state index in [0.29, 0.717) is 17.3 Å². The van der Waals surface area contributed by atoms with Crippen molar-refractivity contribution in [2.45, 2.75) is 46.1 Å². The lowest BCUT2D eigenvalue weighted by atomic mass is 10.0. The Balaban J connectivity index is 1.85. The molecule has 0 unspecified atom stereocenters. The van der Waals surface area contributed by atoms with Gasteiger partial charge in [0.15, 0.2) is 6.10 Å². The minimum absolute atomic E-state index is 0.0427. The van der Waals surface area contributed by atoms with E-state index in [0.717, 1.165) is 5.56 Å².